The van der Waals surface area contributed by atoms with Gasteiger partial charge in [-0.3, -0.25) is 10.1 Å². The van der Waals surface area contributed by atoms with Crippen molar-refractivity contribution in [2.45, 2.75) is 6.54 Å². The number of nitro benzene ring substituents is 1. The average molecular weight is 198 g/mol. The third-order valence-corrected chi connectivity index (χ3v) is 1.72. The van der Waals surface area contributed by atoms with Crippen molar-refractivity contribution in [2.24, 2.45) is 0 Å². The van der Waals surface area contributed by atoms with Crippen LogP contribution in [-0.4, -0.2) is 17.2 Å². The first kappa shape index (κ1) is 10.4. The maximum atomic E-state index is 10.5. The summed E-state index contributed by atoms with van der Waals surface area (Å²) < 4.78 is 4.84. The van der Waals surface area contributed by atoms with E-state index in [1.54, 1.807) is 6.07 Å². The number of benzene rings is 1. The number of hydrogen-bond donors (Lipinski definition) is 2. The first-order valence-electron chi connectivity index (χ1n) is 3.87. The molecule has 0 heterocycles. The summed E-state index contributed by atoms with van der Waals surface area (Å²) in [6, 6.07) is 4.39. The van der Waals surface area contributed by atoms with Crippen molar-refractivity contribution in [3.8, 4) is 5.75 Å². The van der Waals surface area contributed by atoms with E-state index in [2.05, 4.69) is 0 Å². The zero-order valence-corrected chi connectivity index (χ0v) is 7.56. The quantitative estimate of drug-likeness (QED) is 0.558. The molecule has 76 valence electrons. The molecule has 0 aliphatic heterocycles. The average Bonchev–Trinajstić information content (AvgIpc) is 2.17. The van der Waals surface area contributed by atoms with E-state index in [4.69, 9.17) is 9.94 Å². The van der Waals surface area contributed by atoms with Gasteiger partial charge in [-0.15, -0.1) is 0 Å². The number of hydroxylamine groups is 1. The van der Waals surface area contributed by atoms with E-state index in [1.165, 1.54) is 19.2 Å². The summed E-state index contributed by atoms with van der Waals surface area (Å²) in [5.41, 5.74) is 2.57. The molecular formula is C8H10N2O4. The predicted molar refractivity (Wildman–Crippen MR) is 48.3 cm³/mol. The molecule has 0 radical (unpaired) electrons. The summed E-state index contributed by atoms with van der Waals surface area (Å²) in [5, 5.41) is 18.9. The van der Waals surface area contributed by atoms with Crippen molar-refractivity contribution < 1.29 is 14.9 Å². The molecule has 1 rings (SSSR count). The second-order valence-corrected chi connectivity index (χ2v) is 2.60. The third kappa shape index (κ3) is 2.18. The van der Waals surface area contributed by atoms with E-state index in [1.807, 2.05) is 5.48 Å². The monoisotopic (exact) mass is 198 g/mol. The molecule has 0 amide bonds. The standard InChI is InChI=1S/C8H10N2O4/c1-14-8-4-6(5-9-11)2-3-7(8)10(12)13/h2-4,9,11H,5H2,1H3. The van der Waals surface area contributed by atoms with Crippen LogP contribution in [0.4, 0.5) is 5.69 Å². The van der Waals surface area contributed by atoms with E-state index < -0.39 is 4.92 Å². The number of methoxy groups -OCH3 is 1. The molecule has 14 heavy (non-hydrogen) atoms. The fraction of sp³-hybridized carbons (Fsp3) is 0.250. The van der Waals surface area contributed by atoms with E-state index in [0.717, 1.165) is 0 Å². The van der Waals surface area contributed by atoms with Crippen molar-refractivity contribution in [2.75, 3.05) is 7.11 Å². The molecule has 0 bridgehead atoms. The molecule has 0 spiro atoms. The van der Waals surface area contributed by atoms with Crippen molar-refractivity contribution in [1.82, 2.24) is 5.48 Å². The summed E-state index contributed by atoms with van der Waals surface area (Å²) in [6.45, 7) is 0.217. The van der Waals surface area contributed by atoms with Crippen LogP contribution >= 0.6 is 0 Å². The molecule has 0 saturated heterocycles. The highest BCUT2D eigenvalue weighted by Gasteiger charge is 2.14. The molecule has 0 fully saturated rings. The molecule has 0 saturated carbocycles. The second-order valence-electron chi connectivity index (χ2n) is 2.60. The van der Waals surface area contributed by atoms with Gasteiger partial charge in [0, 0.05) is 12.6 Å². The SMILES string of the molecule is COc1cc(CNO)ccc1[N+](=O)[O-]. The predicted octanol–water partition coefficient (Wildman–Crippen LogP) is 1.08. The van der Waals surface area contributed by atoms with Gasteiger partial charge in [-0.2, -0.15) is 0 Å². The lowest BCUT2D eigenvalue weighted by Gasteiger charge is -2.04. The van der Waals surface area contributed by atoms with E-state index in [9.17, 15) is 10.1 Å². The van der Waals surface area contributed by atoms with Gasteiger partial charge in [-0.1, -0.05) is 6.07 Å². The Bertz CT molecular complexity index is 340. The van der Waals surface area contributed by atoms with Gasteiger partial charge in [-0.05, 0) is 11.6 Å². The highest BCUT2D eigenvalue weighted by Crippen LogP contribution is 2.27. The maximum absolute atomic E-state index is 10.5. The molecule has 0 atom stereocenters. The van der Waals surface area contributed by atoms with E-state index in [-0.39, 0.29) is 18.0 Å². The molecule has 0 aliphatic rings. The smallest absolute Gasteiger partial charge is 0.310 e. The van der Waals surface area contributed by atoms with Crippen molar-refractivity contribution in [3.05, 3.63) is 33.9 Å². The van der Waals surface area contributed by atoms with Gasteiger partial charge >= 0.3 is 5.69 Å². The van der Waals surface area contributed by atoms with Crippen molar-refractivity contribution >= 4 is 5.69 Å². The van der Waals surface area contributed by atoms with Crippen LogP contribution in [0.5, 0.6) is 5.75 Å². The zero-order chi connectivity index (χ0) is 10.6. The van der Waals surface area contributed by atoms with Crippen LogP contribution in [0.3, 0.4) is 0 Å². The first-order chi connectivity index (χ1) is 6.69. The Kier molecular flexibility index (Phi) is 3.38. The Hall–Kier alpha value is -1.66. The minimum absolute atomic E-state index is 0.0887. The summed E-state index contributed by atoms with van der Waals surface area (Å²) in [6.07, 6.45) is 0. The van der Waals surface area contributed by atoms with Crippen LogP contribution in [0.25, 0.3) is 0 Å². The zero-order valence-electron chi connectivity index (χ0n) is 7.56. The van der Waals surface area contributed by atoms with Crippen molar-refractivity contribution in [3.63, 3.8) is 0 Å². The normalized spacial score (nSPS) is 9.86. The maximum Gasteiger partial charge on any atom is 0.310 e. The topological polar surface area (TPSA) is 84.6 Å². The minimum Gasteiger partial charge on any atom is -0.490 e. The van der Waals surface area contributed by atoms with Gasteiger partial charge < -0.3 is 9.94 Å². The van der Waals surface area contributed by atoms with Crippen molar-refractivity contribution in [1.29, 1.82) is 0 Å². The Labute approximate surface area is 80.2 Å². The minimum atomic E-state index is -0.519. The van der Waals surface area contributed by atoms with Crippen LogP contribution in [0.1, 0.15) is 5.56 Å². The number of ether oxygens (including phenoxy) is 1. The molecule has 0 aliphatic carbocycles. The Morgan fingerprint density at radius 2 is 2.36 bits per heavy atom. The molecule has 6 heteroatoms. The van der Waals surface area contributed by atoms with Crippen LogP contribution in [-0.2, 0) is 6.54 Å². The third-order valence-electron chi connectivity index (χ3n) is 1.72. The number of hydrogen-bond acceptors (Lipinski definition) is 5. The molecule has 6 nitrogen and oxygen atoms in total. The van der Waals surface area contributed by atoms with Gasteiger partial charge in [0.1, 0.15) is 0 Å². The van der Waals surface area contributed by atoms with Crippen LogP contribution in [0.15, 0.2) is 18.2 Å². The van der Waals surface area contributed by atoms with Gasteiger partial charge in [0.15, 0.2) is 5.75 Å². The van der Waals surface area contributed by atoms with Gasteiger partial charge in [0.2, 0.25) is 0 Å². The lowest BCUT2D eigenvalue weighted by molar-refractivity contribution is -0.385. The highest BCUT2D eigenvalue weighted by molar-refractivity contribution is 5.48. The molecule has 0 aromatic heterocycles. The van der Waals surface area contributed by atoms with Gasteiger partial charge in [-0.25, -0.2) is 5.48 Å². The molecule has 2 N–H and O–H groups in total. The number of nitrogens with zero attached hydrogens (tertiary/aromatic N) is 1. The highest BCUT2D eigenvalue weighted by atomic mass is 16.6. The molecule has 1 aromatic rings. The fourth-order valence-electron chi connectivity index (χ4n) is 1.07. The lowest BCUT2D eigenvalue weighted by Crippen LogP contribution is -2.06. The number of nitrogens with one attached hydrogen (secondary N) is 1. The first-order valence-corrected chi connectivity index (χ1v) is 3.87. The summed E-state index contributed by atoms with van der Waals surface area (Å²) in [5.74, 6) is 0.183. The number of nitro groups is 1. The largest absolute Gasteiger partial charge is 0.490 e. The van der Waals surface area contributed by atoms with Gasteiger partial charge in [0.25, 0.3) is 0 Å². The van der Waals surface area contributed by atoms with Gasteiger partial charge in [0.05, 0.1) is 12.0 Å². The Morgan fingerprint density at radius 3 is 2.86 bits per heavy atom. The summed E-state index contributed by atoms with van der Waals surface area (Å²) in [4.78, 5) is 9.99. The molecular weight excluding hydrogens is 188 g/mol. The molecule has 1 aromatic carbocycles. The second kappa shape index (κ2) is 4.54. The molecule has 0 unspecified atom stereocenters. The Morgan fingerprint density at radius 1 is 1.64 bits per heavy atom. The van der Waals surface area contributed by atoms with E-state index >= 15 is 0 Å². The lowest BCUT2D eigenvalue weighted by atomic mass is 10.2. The van der Waals surface area contributed by atoms with E-state index in [0.29, 0.717) is 5.56 Å². The Balaban J connectivity index is 3.05. The number of rotatable bonds is 4. The summed E-state index contributed by atoms with van der Waals surface area (Å²) in [7, 11) is 1.36. The fourth-order valence-corrected chi connectivity index (χ4v) is 1.07. The summed E-state index contributed by atoms with van der Waals surface area (Å²) >= 11 is 0. The van der Waals surface area contributed by atoms with Crippen LogP contribution in [0, 0.1) is 10.1 Å². The van der Waals surface area contributed by atoms with Crippen LogP contribution in [0.2, 0.25) is 0 Å². The van der Waals surface area contributed by atoms with Crippen LogP contribution < -0.4 is 10.2 Å².